The van der Waals surface area contributed by atoms with E-state index in [1.165, 1.54) is 12.8 Å². The molecule has 0 spiro atoms. The van der Waals surface area contributed by atoms with Crippen molar-refractivity contribution in [2.45, 2.75) is 65.1 Å². The number of amides is 2. The molecule has 2 amide bonds. The summed E-state index contributed by atoms with van der Waals surface area (Å²) in [7, 11) is 0. The molecule has 1 N–H and O–H groups in total. The van der Waals surface area contributed by atoms with Gasteiger partial charge in [-0.3, -0.25) is 4.79 Å². The highest BCUT2D eigenvalue weighted by Crippen LogP contribution is 2.49. The van der Waals surface area contributed by atoms with E-state index >= 15 is 0 Å². The van der Waals surface area contributed by atoms with E-state index in [4.69, 9.17) is 9.72 Å². The van der Waals surface area contributed by atoms with Crippen LogP contribution in [0, 0.1) is 11.8 Å². The van der Waals surface area contributed by atoms with Gasteiger partial charge in [0.2, 0.25) is 5.91 Å². The Morgan fingerprint density at radius 2 is 1.68 bits per heavy atom. The smallest absolute Gasteiger partial charge is 0.410 e. The van der Waals surface area contributed by atoms with Gasteiger partial charge in [-0.2, -0.15) is 0 Å². The van der Waals surface area contributed by atoms with Crippen molar-refractivity contribution in [2.75, 3.05) is 41.3 Å². The predicted octanol–water partition coefficient (Wildman–Crippen LogP) is 5.07. The van der Waals surface area contributed by atoms with Gasteiger partial charge >= 0.3 is 6.09 Å². The van der Waals surface area contributed by atoms with Gasteiger partial charge in [-0.1, -0.05) is 25.1 Å². The number of fused-ring (bicyclic) bond motifs is 1. The molecule has 2 unspecified atom stereocenters. The zero-order chi connectivity index (χ0) is 26.3. The van der Waals surface area contributed by atoms with Gasteiger partial charge in [0.25, 0.3) is 0 Å². The van der Waals surface area contributed by atoms with Crippen LogP contribution >= 0.6 is 0 Å². The minimum Gasteiger partial charge on any atom is -0.444 e. The number of anilines is 3. The molecule has 1 aromatic carbocycles. The van der Waals surface area contributed by atoms with Gasteiger partial charge in [-0.15, -0.1) is 0 Å². The number of hydrogen-bond donors (Lipinski definition) is 1. The van der Waals surface area contributed by atoms with Crippen LogP contribution in [0.3, 0.4) is 0 Å². The number of para-hydroxylation sites is 1. The van der Waals surface area contributed by atoms with Crippen LogP contribution in [0.1, 0.15) is 59.2 Å². The van der Waals surface area contributed by atoms with Crippen molar-refractivity contribution in [2.24, 2.45) is 11.8 Å². The van der Waals surface area contributed by atoms with Gasteiger partial charge in [0.05, 0.1) is 17.4 Å². The molecule has 37 heavy (non-hydrogen) atoms. The van der Waals surface area contributed by atoms with Crippen LogP contribution < -0.4 is 15.1 Å². The zero-order valence-electron chi connectivity index (χ0n) is 22.6. The summed E-state index contributed by atoms with van der Waals surface area (Å²) in [4.78, 5) is 36.6. The van der Waals surface area contributed by atoms with Crippen LogP contribution in [0.4, 0.5) is 22.0 Å². The Hall–Kier alpha value is -3.29. The molecule has 198 valence electrons. The molecule has 1 saturated carbocycles. The molecular weight excluding hydrogens is 466 g/mol. The van der Waals surface area contributed by atoms with E-state index in [1.807, 2.05) is 49.9 Å². The lowest BCUT2D eigenvalue weighted by molar-refractivity contribution is -0.117. The Kier molecular flexibility index (Phi) is 6.77. The number of piperazine rings is 1. The molecule has 3 aliphatic rings. The molecule has 1 aromatic heterocycles. The Morgan fingerprint density at radius 1 is 1.00 bits per heavy atom. The largest absolute Gasteiger partial charge is 0.444 e. The van der Waals surface area contributed by atoms with Crippen LogP contribution in [-0.4, -0.2) is 59.7 Å². The fourth-order valence-electron chi connectivity index (χ4n) is 5.72. The number of carbonyl (C=O) groups is 2. The van der Waals surface area contributed by atoms with Crippen LogP contribution in [-0.2, 0) is 9.53 Å². The first-order valence-electron chi connectivity index (χ1n) is 13.5. The van der Waals surface area contributed by atoms with Gasteiger partial charge in [0, 0.05) is 50.7 Å². The third-order valence-electron chi connectivity index (χ3n) is 7.60. The number of nitrogens with zero attached hydrogens (tertiary/aromatic N) is 4. The molecule has 2 aromatic rings. The fraction of sp³-hybridized carbons (Fsp3) is 0.552. The highest BCUT2D eigenvalue weighted by Gasteiger charge is 2.48. The molecule has 8 nitrogen and oxygen atoms in total. The lowest BCUT2D eigenvalue weighted by Crippen LogP contribution is -2.52. The summed E-state index contributed by atoms with van der Waals surface area (Å²) in [6.07, 6.45) is 2.06. The van der Waals surface area contributed by atoms with Crippen molar-refractivity contribution >= 4 is 29.2 Å². The molecule has 2 fully saturated rings. The van der Waals surface area contributed by atoms with Crippen molar-refractivity contribution in [1.29, 1.82) is 0 Å². The molecule has 8 heteroatoms. The van der Waals surface area contributed by atoms with Gasteiger partial charge in [-0.05, 0) is 63.8 Å². The van der Waals surface area contributed by atoms with E-state index in [1.54, 1.807) is 11.8 Å². The standard InChI is InChI=1S/C29H39N5O3/c1-19-25(30-22-9-7-6-8-10-22)26-23(34(20(2)35)27(19)21-11-12-21)13-14-24(31-26)32-15-17-33(18-16-32)28(36)37-29(3,4)5/h6-10,13-14,19,21,25,27,30H,11-12,15-18H2,1-5H3/t19-,25?,27?/m1/s1. The van der Waals surface area contributed by atoms with Gasteiger partial charge < -0.3 is 24.8 Å². The third kappa shape index (κ3) is 5.38. The summed E-state index contributed by atoms with van der Waals surface area (Å²) < 4.78 is 5.55. The first kappa shape index (κ1) is 25.4. The normalized spacial score (nSPS) is 23.9. The molecule has 0 radical (unpaired) electrons. The van der Waals surface area contributed by atoms with E-state index in [9.17, 15) is 9.59 Å². The monoisotopic (exact) mass is 505 g/mol. The maximum atomic E-state index is 12.9. The van der Waals surface area contributed by atoms with E-state index in [-0.39, 0.29) is 30.0 Å². The molecule has 1 aliphatic carbocycles. The maximum Gasteiger partial charge on any atom is 0.410 e. The quantitative estimate of drug-likeness (QED) is 0.625. The molecular formula is C29H39N5O3. The second kappa shape index (κ2) is 9.88. The summed E-state index contributed by atoms with van der Waals surface area (Å²) in [5.41, 5.74) is 2.36. The van der Waals surface area contributed by atoms with Gasteiger partial charge in [0.1, 0.15) is 11.4 Å². The third-order valence-corrected chi connectivity index (χ3v) is 7.60. The van der Waals surface area contributed by atoms with Crippen molar-refractivity contribution in [3.05, 3.63) is 48.2 Å². The van der Waals surface area contributed by atoms with E-state index in [0.29, 0.717) is 32.1 Å². The van der Waals surface area contributed by atoms with Crippen molar-refractivity contribution in [1.82, 2.24) is 9.88 Å². The van der Waals surface area contributed by atoms with Crippen molar-refractivity contribution in [3.8, 4) is 0 Å². The highest BCUT2D eigenvalue weighted by atomic mass is 16.6. The number of benzene rings is 1. The lowest BCUT2D eigenvalue weighted by atomic mass is 9.82. The Bertz CT molecular complexity index is 1140. The van der Waals surface area contributed by atoms with Crippen LogP contribution in [0.2, 0.25) is 0 Å². The Labute approximate surface area is 220 Å². The summed E-state index contributed by atoms with van der Waals surface area (Å²) in [6.45, 7) is 12.1. The Balaban J connectivity index is 1.42. The average molecular weight is 506 g/mol. The number of hydrogen-bond acceptors (Lipinski definition) is 6. The second-order valence-corrected chi connectivity index (χ2v) is 11.6. The number of carbonyl (C=O) groups excluding carboxylic acids is 2. The van der Waals surface area contributed by atoms with Crippen molar-refractivity contribution in [3.63, 3.8) is 0 Å². The average Bonchev–Trinajstić information content (AvgIpc) is 3.70. The Morgan fingerprint density at radius 3 is 2.27 bits per heavy atom. The van der Waals surface area contributed by atoms with Crippen LogP contribution in [0.25, 0.3) is 0 Å². The predicted molar refractivity (Wildman–Crippen MR) is 146 cm³/mol. The summed E-state index contributed by atoms with van der Waals surface area (Å²) in [5, 5.41) is 3.74. The van der Waals surface area contributed by atoms with E-state index in [0.717, 1.165) is 22.9 Å². The molecule has 0 bridgehead atoms. The van der Waals surface area contributed by atoms with Crippen LogP contribution in [0.5, 0.6) is 0 Å². The number of nitrogens with one attached hydrogen (secondary N) is 1. The van der Waals surface area contributed by atoms with Crippen LogP contribution in [0.15, 0.2) is 42.5 Å². The number of pyridine rings is 1. The molecule has 1 saturated heterocycles. The first-order chi connectivity index (χ1) is 17.6. The molecule has 3 heterocycles. The summed E-state index contributed by atoms with van der Waals surface area (Å²) >= 11 is 0. The van der Waals surface area contributed by atoms with Gasteiger partial charge in [-0.25, -0.2) is 9.78 Å². The number of rotatable bonds is 4. The van der Waals surface area contributed by atoms with E-state index in [2.05, 4.69) is 35.3 Å². The minimum absolute atomic E-state index is 0.0124. The molecule has 5 rings (SSSR count). The number of aromatic nitrogens is 1. The summed E-state index contributed by atoms with van der Waals surface area (Å²) in [5.74, 6) is 1.69. The lowest BCUT2D eigenvalue weighted by Gasteiger charge is -2.45. The zero-order valence-corrected chi connectivity index (χ0v) is 22.6. The highest BCUT2D eigenvalue weighted by molar-refractivity contribution is 5.94. The van der Waals surface area contributed by atoms with Crippen molar-refractivity contribution < 1.29 is 14.3 Å². The summed E-state index contributed by atoms with van der Waals surface area (Å²) in [6, 6.07) is 14.5. The first-order valence-corrected chi connectivity index (χ1v) is 13.5. The maximum absolute atomic E-state index is 12.9. The topological polar surface area (TPSA) is 78.0 Å². The van der Waals surface area contributed by atoms with Gasteiger partial charge in [0.15, 0.2) is 0 Å². The molecule has 3 atom stereocenters. The molecule has 2 aliphatic heterocycles. The fourth-order valence-corrected chi connectivity index (χ4v) is 5.72. The SMILES string of the molecule is CC(=O)N1c2ccc(N3CCN(C(=O)OC(C)(C)C)CC3)nc2C(Nc2ccccc2)[C@@H](C)C1C1CC1. The minimum atomic E-state index is -0.507. The van der Waals surface area contributed by atoms with E-state index < -0.39 is 5.60 Å². The number of ether oxygens (including phenoxy) is 1. The second-order valence-electron chi connectivity index (χ2n) is 11.6.